The van der Waals surface area contributed by atoms with Gasteiger partial charge >= 0.3 is 180 Å². The van der Waals surface area contributed by atoms with Crippen LogP contribution < -0.4 is 3.58 Å². The Morgan fingerprint density at radius 3 is 1.96 bits per heavy atom. The zero-order valence-corrected chi connectivity index (χ0v) is 21.5. The van der Waals surface area contributed by atoms with E-state index >= 15 is 0 Å². The summed E-state index contributed by atoms with van der Waals surface area (Å²) in [7, 11) is 0. The van der Waals surface area contributed by atoms with Gasteiger partial charge in [0.05, 0.1) is 0 Å². The fourth-order valence-corrected chi connectivity index (χ4v) is 21.6. The van der Waals surface area contributed by atoms with Gasteiger partial charge in [0.15, 0.2) is 0 Å². The number of rotatable bonds is 11. The molecule has 0 aliphatic rings. The minimum atomic E-state index is -2.36. The molecule has 0 saturated carbocycles. The van der Waals surface area contributed by atoms with Gasteiger partial charge in [0, 0.05) is 0 Å². The predicted molar refractivity (Wildman–Crippen MR) is 130 cm³/mol. The molecule has 0 aliphatic heterocycles. The molecule has 0 N–H and O–H groups in total. The van der Waals surface area contributed by atoms with Crippen molar-refractivity contribution in [3.05, 3.63) is 48.5 Å². The Labute approximate surface area is 179 Å². The van der Waals surface area contributed by atoms with Gasteiger partial charge in [-0.2, -0.15) is 0 Å². The van der Waals surface area contributed by atoms with Crippen LogP contribution in [0.25, 0.3) is 20.8 Å². The number of nitrogens with zero attached hydrogens (tertiary/aromatic N) is 1. The molecule has 150 valence electrons. The van der Waals surface area contributed by atoms with Crippen molar-refractivity contribution in [1.82, 2.24) is 4.98 Å². The number of benzene rings is 2. The Bertz CT molecular complexity index is 834. The molecule has 28 heavy (non-hydrogen) atoms. The molecule has 0 radical (unpaired) electrons. The molecule has 0 amide bonds. The Kier molecular flexibility index (Phi) is 8.40. The van der Waals surface area contributed by atoms with Gasteiger partial charge in [0.25, 0.3) is 0 Å². The molecule has 1 aromatic heterocycles. The first-order valence-corrected chi connectivity index (χ1v) is 19.5. The first-order chi connectivity index (χ1) is 13.7. The average Bonchev–Trinajstić information content (AvgIpc) is 3.18. The molecule has 0 saturated heterocycles. The summed E-state index contributed by atoms with van der Waals surface area (Å²) in [6, 6.07) is 18.0. The van der Waals surface area contributed by atoms with Crippen molar-refractivity contribution < 1.29 is 0 Å². The number of aromatic nitrogens is 1. The van der Waals surface area contributed by atoms with E-state index in [-0.39, 0.29) is 0 Å². The van der Waals surface area contributed by atoms with Crippen LogP contribution in [0.5, 0.6) is 0 Å². The Hall–Kier alpha value is -0.871. The number of hydrogen-bond acceptors (Lipinski definition) is 2. The summed E-state index contributed by atoms with van der Waals surface area (Å²) in [5.74, 6) is 0. The second-order valence-electron chi connectivity index (χ2n) is 8.16. The van der Waals surface area contributed by atoms with E-state index in [0.29, 0.717) is 0 Å². The van der Waals surface area contributed by atoms with Crippen LogP contribution in [-0.4, -0.2) is 23.4 Å². The van der Waals surface area contributed by atoms with E-state index in [9.17, 15) is 0 Å². The third-order valence-corrected chi connectivity index (χ3v) is 22.7. The van der Waals surface area contributed by atoms with Crippen molar-refractivity contribution >= 4 is 43.5 Å². The van der Waals surface area contributed by atoms with Crippen LogP contribution >= 0.6 is 11.3 Å². The summed E-state index contributed by atoms with van der Waals surface area (Å²) in [4.78, 5) is 4.93. The predicted octanol–water partition coefficient (Wildman–Crippen LogP) is 8.02. The van der Waals surface area contributed by atoms with Crippen LogP contribution in [0.1, 0.15) is 59.3 Å². The summed E-state index contributed by atoms with van der Waals surface area (Å²) in [5.41, 5.74) is 2.41. The molecular weight excluding hydrogens is 465 g/mol. The van der Waals surface area contributed by atoms with Crippen molar-refractivity contribution in [1.29, 1.82) is 0 Å². The van der Waals surface area contributed by atoms with E-state index in [1.807, 2.05) is 11.3 Å². The topological polar surface area (TPSA) is 12.9 Å². The molecule has 3 rings (SSSR count). The summed E-state index contributed by atoms with van der Waals surface area (Å²) in [6.45, 7) is 7.07. The van der Waals surface area contributed by atoms with Crippen LogP contribution in [0.2, 0.25) is 13.3 Å². The van der Waals surface area contributed by atoms with Gasteiger partial charge in [-0.25, -0.2) is 0 Å². The molecule has 0 fully saturated rings. The molecule has 0 bridgehead atoms. The Morgan fingerprint density at radius 1 is 0.786 bits per heavy atom. The summed E-state index contributed by atoms with van der Waals surface area (Å²) < 4.78 is 7.74. The van der Waals surface area contributed by atoms with E-state index in [0.717, 1.165) is 5.01 Å². The molecule has 3 heteroatoms. The SMILES string of the molecule is CCC[CH2][Sn]([CH2]CCC)([CH2]CCC)[c]1ccc2nc(-c3ccccc3)sc2c1. The van der Waals surface area contributed by atoms with Crippen molar-refractivity contribution in [2.75, 3.05) is 0 Å². The zero-order valence-electron chi connectivity index (χ0n) is 17.8. The van der Waals surface area contributed by atoms with Gasteiger partial charge in [0.2, 0.25) is 0 Å². The number of fused-ring (bicyclic) bond motifs is 1. The fourth-order valence-electron chi connectivity index (χ4n) is 4.31. The second-order valence-corrected chi connectivity index (χ2v) is 22.4. The van der Waals surface area contributed by atoms with Gasteiger partial charge < -0.3 is 0 Å². The number of hydrogen-bond donors (Lipinski definition) is 0. The Morgan fingerprint density at radius 2 is 1.39 bits per heavy atom. The van der Waals surface area contributed by atoms with Crippen LogP contribution in [0.4, 0.5) is 0 Å². The van der Waals surface area contributed by atoms with Crippen molar-refractivity contribution in [2.24, 2.45) is 0 Å². The standard InChI is InChI=1S/C13H8NS.3C4H9.Sn/c1-2-6-10(7-3-1)13-14-11-8-4-5-9-12(11)15-13;3*1-3-4-2;/h1-4,6-9H;3*1,3-4H2,2H3;. The number of unbranched alkanes of at least 4 members (excludes halogenated alkanes) is 3. The maximum atomic E-state index is 4.93. The molecule has 0 spiro atoms. The van der Waals surface area contributed by atoms with Crippen LogP contribution in [0, 0.1) is 0 Å². The number of thiazole rings is 1. The zero-order chi connectivity index (χ0) is 19.8. The molecule has 0 aliphatic carbocycles. The van der Waals surface area contributed by atoms with Crippen molar-refractivity contribution in [3.8, 4) is 10.6 Å². The molecule has 0 atom stereocenters. The maximum absolute atomic E-state index is 4.93. The molecule has 2 aromatic carbocycles. The molecule has 0 unspecified atom stereocenters. The summed E-state index contributed by atoms with van der Waals surface area (Å²) in [5, 5.41) is 1.16. The summed E-state index contributed by atoms with van der Waals surface area (Å²) >= 11 is -0.481. The van der Waals surface area contributed by atoms with E-state index in [1.54, 1.807) is 3.58 Å². The van der Waals surface area contributed by atoms with Gasteiger partial charge in [0.1, 0.15) is 0 Å². The normalized spacial score (nSPS) is 12.0. The molecule has 1 heterocycles. The van der Waals surface area contributed by atoms with Gasteiger partial charge in [-0.15, -0.1) is 0 Å². The minimum absolute atomic E-state index is 1.16. The van der Waals surface area contributed by atoms with E-state index in [2.05, 4.69) is 69.3 Å². The first kappa shape index (κ1) is 21.8. The quantitative estimate of drug-likeness (QED) is 0.243. The van der Waals surface area contributed by atoms with Crippen molar-refractivity contribution in [3.63, 3.8) is 0 Å². The van der Waals surface area contributed by atoms with E-state index in [1.165, 1.54) is 67.6 Å². The second kappa shape index (κ2) is 10.8. The monoisotopic (exact) mass is 501 g/mol. The van der Waals surface area contributed by atoms with Gasteiger partial charge in [-0.1, -0.05) is 0 Å². The Balaban J connectivity index is 2.00. The van der Waals surface area contributed by atoms with Crippen LogP contribution in [0.15, 0.2) is 48.5 Å². The fraction of sp³-hybridized carbons (Fsp3) is 0.480. The van der Waals surface area contributed by atoms with Crippen molar-refractivity contribution in [2.45, 2.75) is 72.6 Å². The molecule has 1 nitrogen and oxygen atoms in total. The third-order valence-electron chi connectivity index (χ3n) is 6.05. The molecule has 3 aromatic rings. The third kappa shape index (κ3) is 5.18. The van der Waals surface area contributed by atoms with Gasteiger partial charge in [-0.05, 0) is 0 Å². The van der Waals surface area contributed by atoms with E-state index < -0.39 is 18.4 Å². The first-order valence-electron chi connectivity index (χ1n) is 11.2. The van der Waals surface area contributed by atoms with Crippen LogP contribution in [0.3, 0.4) is 0 Å². The summed E-state index contributed by atoms with van der Waals surface area (Å²) in [6.07, 6.45) is 8.24. The van der Waals surface area contributed by atoms with E-state index in [4.69, 9.17) is 4.98 Å². The average molecular weight is 500 g/mol. The van der Waals surface area contributed by atoms with Gasteiger partial charge in [-0.3, -0.25) is 0 Å². The van der Waals surface area contributed by atoms with Crippen LogP contribution in [-0.2, 0) is 0 Å². The molecular formula is C25H35NSSn.